The number of hydrogen-bond acceptors (Lipinski definition) is 6. The summed E-state index contributed by atoms with van der Waals surface area (Å²) in [6.45, 7) is 0. The van der Waals surface area contributed by atoms with Crippen molar-refractivity contribution in [2.75, 3.05) is 14.2 Å². The number of nitrogens with one attached hydrogen (secondary N) is 1. The number of phenolic OH excluding ortho intramolecular Hbond substituents is 2. The normalized spacial score (nSPS) is 10.5. The number of ether oxygens (including phenoxy) is 2. The summed E-state index contributed by atoms with van der Waals surface area (Å²) in [6.07, 6.45) is 1.42. The molecule has 0 fully saturated rings. The van der Waals surface area contributed by atoms with E-state index in [9.17, 15) is 15.0 Å². The summed E-state index contributed by atoms with van der Waals surface area (Å²) in [5, 5.41) is 22.5. The maximum absolute atomic E-state index is 11.9. The molecular formula is C16H16N2O5. The van der Waals surface area contributed by atoms with E-state index in [1.54, 1.807) is 25.3 Å². The molecule has 0 saturated carbocycles. The molecule has 0 aliphatic heterocycles. The zero-order valence-electron chi connectivity index (χ0n) is 12.6. The van der Waals surface area contributed by atoms with Crippen LogP contribution in [0.3, 0.4) is 0 Å². The molecule has 0 saturated heterocycles. The fraction of sp³-hybridized carbons (Fsp3) is 0.125. The van der Waals surface area contributed by atoms with Crippen molar-refractivity contribution >= 4 is 12.1 Å². The van der Waals surface area contributed by atoms with Crippen LogP contribution in [0, 0.1) is 0 Å². The summed E-state index contributed by atoms with van der Waals surface area (Å²) >= 11 is 0. The lowest BCUT2D eigenvalue weighted by atomic mass is 10.2. The van der Waals surface area contributed by atoms with E-state index in [4.69, 9.17) is 9.47 Å². The quantitative estimate of drug-likeness (QED) is 0.577. The smallest absolute Gasteiger partial charge is 0.271 e. The van der Waals surface area contributed by atoms with E-state index in [2.05, 4.69) is 10.5 Å². The van der Waals surface area contributed by atoms with Crippen molar-refractivity contribution in [2.45, 2.75) is 0 Å². The van der Waals surface area contributed by atoms with Crippen LogP contribution >= 0.6 is 0 Å². The van der Waals surface area contributed by atoms with Crippen LogP contribution < -0.4 is 14.9 Å². The van der Waals surface area contributed by atoms with Crippen LogP contribution in [0.1, 0.15) is 15.9 Å². The van der Waals surface area contributed by atoms with Gasteiger partial charge in [0.1, 0.15) is 23.0 Å². The van der Waals surface area contributed by atoms with Crippen LogP contribution in [0.15, 0.2) is 41.5 Å². The number of carbonyl (C=O) groups is 1. The summed E-state index contributed by atoms with van der Waals surface area (Å²) in [5.74, 6) is 0.183. The van der Waals surface area contributed by atoms with Gasteiger partial charge in [0.25, 0.3) is 5.91 Å². The number of rotatable bonds is 5. The Labute approximate surface area is 132 Å². The average Bonchev–Trinajstić information content (AvgIpc) is 2.54. The van der Waals surface area contributed by atoms with E-state index in [1.807, 2.05) is 0 Å². The molecule has 120 valence electrons. The molecule has 0 aromatic heterocycles. The number of hydrazone groups is 1. The molecule has 7 heteroatoms. The first-order valence-electron chi connectivity index (χ1n) is 6.62. The molecule has 2 aromatic rings. The highest BCUT2D eigenvalue weighted by molar-refractivity contribution is 5.95. The Kier molecular flexibility index (Phi) is 5.03. The zero-order chi connectivity index (χ0) is 16.8. The second-order valence-electron chi connectivity index (χ2n) is 4.55. The highest BCUT2D eigenvalue weighted by Gasteiger charge is 2.08. The van der Waals surface area contributed by atoms with Crippen molar-refractivity contribution in [1.82, 2.24) is 5.43 Å². The van der Waals surface area contributed by atoms with Crippen LogP contribution in [0.25, 0.3) is 0 Å². The average molecular weight is 316 g/mol. The highest BCUT2D eigenvalue weighted by atomic mass is 16.5. The molecule has 3 N–H and O–H groups in total. The fourth-order valence-corrected chi connectivity index (χ4v) is 1.88. The van der Waals surface area contributed by atoms with Crippen LogP contribution in [-0.2, 0) is 0 Å². The molecule has 0 heterocycles. The van der Waals surface area contributed by atoms with Crippen LogP contribution in [0.5, 0.6) is 23.0 Å². The molecule has 0 atom stereocenters. The van der Waals surface area contributed by atoms with Crippen LogP contribution in [0.2, 0.25) is 0 Å². The molecule has 2 aromatic carbocycles. The molecule has 23 heavy (non-hydrogen) atoms. The summed E-state index contributed by atoms with van der Waals surface area (Å²) in [5.41, 5.74) is 3.03. The fourth-order valence-electron chi connectivity index (χ4n) is 1.88. The molecule has 7 nitrogen and oxygen atoms in total. The standard InChI is InChI=1S/C16H16N2O5/c1-22-14-4-3-10(15(8-14)23-2)9-17-18-16(21)11-5-12(19)7-13(20)6-11/h3-9,19-20H,1-2H3,(H,18,21). The minimum atomic E-state index is -0.570. The lowest BCUT2D eigenvalue weighted by Crippen LogP contribution is -2.17. The summed E-state index contributed by atoms with van der Waals surface area (Å²) in [4.78, 5) is 11.9. The molecule has 0 spiro atoms. The molecule has 2 rings (SSSR count). The van der Waals surface area contributed by atoms with Gasteiger partial charge in [0.15, 0.2) is 0 Å². The number of phenols is 2. The van der Waals surface area contributed by atoms with Gasteiger partial charge in [-0.05, 0) is 24.3 Å². The zero-order valence-corrected chi connectivity index (χ0v) is 12.6. The van der Waals surface area contributed by atoms with E-state index in [-0.39, 0.29) is 17.1 Å². The van der Waals surface area contributed by atoms with Crippen molar-refractivity contribution in [3.63, 3.8) is 0 Å². The number of aromatic hydroxyl groups is 2. The van der Waals surface area contributed by atoms with Crippen molar-refractivity contribution in [3.8, 4) is 23.0 Å². The summed E-state index contributed by atoms with van der Waals surface area (Å²) < 4.78 is 10.3. The van der Waals surface area contributed by atoms with Gasteiger partial charge in [-0.2, -0.15) is 5.10 Å². The van der Waals surface area contributed by atoms with E-state index in [0.29, 0.717) is 17.1 Å². The van der Waals surface area contributed by atoms with Crippen LogP contribution in [0.4, 0.5) is 0 Å². The maximum Gasteiger partial charge on any atom is 0.271 e. The van der Waals surface area contributed by atoms with Gasteiger partial charge in [-0.3, -0.25) is 4.79 Å². The molecular weight excluding hydrogens is 300 g/mol. The van der Waals surface area contributed by atoms with Gasteiger partial charge < -0.3 is 19.7 Å². The Bertz CT molecular complexity index is 723. The molecule has 1 amide bonds. The van der Waals surface area contributed by atoms with Crippen LogP contribution in [-0.4, -0.2) is 36.6 Å². The van der Waals surface area contributed by atoms with Gasteiger partial charge in [0.2, 0.25) is 0 Å². The SMILES string of the molecule is COc1ccc(C=NNC(=O)c2cc(O)cc(O)c2)c(OC)c1. The topological polar surface area (TPSA) is 100 Å². The third-order valence-corrected chi connectivity index (χ3v) is 2.98. The van der Waals surface area contributed by atoms with E-state index >= 15 is 0 Å². The van der Waals surface area contributed by atoms with Gasteiger partial charge in [-0.1, -0.05) is 0 Å². The number of benzene rings is 2. The molecule has 0 unspecified atom stereocenters. The van der Waals surface area contributed by atoms with Gasteiger partial charge in [0, 0.05) is 23.3 Å². The minimum Gasteiger partial charge on any atom is -0.508 e. The van der Waals surface area contributed by atoms with Gasteiger partial charge >= 0.3 is 0 Å². The molecule has 0 aliphatic carbocycles. The first-order chi connectivity index (χ1) is 11.0. The van der Waals surface area contributed by atoms with E-state index in [0.717, 1.165) is 6.07 Å². The van der Waals surface area contributed by atoms with Gasteiger partial charge in [0.05, 0.1) is 20.4 Å². The predicted molar refractivity (Wildman–Crippen MR) is 84.4 cm³/mol. The first kappa shape index (κ1) is 16.2. The third-order valence-electron chi connectivity index (χ3n) is 2.98. The highest BCUT2D eigenvalue weighted by Crippen LogP contribution is 2.23. The lowest BCUT2D eigenvalue weighted by Gasteiger charge is -2.07. The Morgan fingerprint density at radius 2 is 1.78 bits per heavy atom. The monoisotopic (exact) mass is 316 g/mol. The second-order valence-corrected chi connectivity index (χ2v) is 4.55. The first-order valence-corrected chi connectivity index (χ1v) is 6.62. The number of amides is 1. The number of nitrogens with zero attached hydrogens (tertiary/aromatic N) is 1. The minimum absolute atomic E-state index is 0.0846. The molecule has 0 bridgehead atoms. The number of methoxy groups -OCH3 is 2. The van der Waals surface area contributed by atoms with Crippen molar-refractivity contribution < 1.29 is 24.5 Å². The van der Waals surface area contributed by atoms with Crippen molar-refractivity contribution in [3.05, 3.63) is 47.5 Å². The second kappa shape index (κ2) is 7.17. The molecule has 0 radical (unpaired) electrons. The molecule has 0 aliphatic rings. The Balaban J connectivity index is 2.10. The van der Waals surface area contributed by atoms with Gasteiger partial charge in [-0.15, -0.1) is 0 Å². The van der Waals surface area contributed by atoms with E-state index < -0.39 is 5.91 Å². The number of carbonyl (C=O) groups excluding carboxylic acids is 1. The third kappa shape index (κ3) is 4.13. The Morgan fingerprint density at radius 1 is 1.09 bits per heavy atom. The predicted octanol–water partition coefficient (Wildman–Crippen LogP) is 1.88. The van der Waals surface area contributed by atoms with Crippen molar-refractivity contribution in [1.29, 1.82) is 0 Å². The largest absolute Gasteiger partial charge is 0.508 e. The van der Waals surface area contributed by atoms with E-state index in [1.165, 1.54) is 25.5 Å². The maximum atomic E-state index is 11.9. The van der Waals surface area contributed by atoms with Crippen molar-refractivity contribution in [2.24, 2.45) is 5.10 Å². The number of hydrogen-bond donors (Lipinski definition) is 3. The summed E-state index contributed by atoms with van der Waals surface area (Å²) in [7, 11) is 3.06. The Morgan fingerprint density at radius 3 is 2.39 bits per heavy atom. The summed E-state index contributed by atoms with van der Waals surface area (Å²) in [6, 6.07) is 8.72. The lowest BCUT2D eigenvalue weighted by molar-refractivity contribution is 0.0954. The van der Waals surface area contributed by atoms with Gasteiger partial charge in [-0.25, -0.2) is 5.43 Å². The Hall–Kier alpha value is -3.22.